The Hall–Kier alpha value is -2.13. The number of morpholine rings is 1. The van der Waals surface area contributed by atoms with E-state index < -0.39 is 0 Å². The lowest BCUT2D eigenvalue weighted by Crippen LogP contribution is -2.48. The van der Waals surface area contributed by atoms with Gasteiger partial charge in [-0.3, -0.25) is 4.79 Å². The van der Waals surface area contributed by atoms with Crippen molar-refractivity contribution in [2.75, 3.05) is 44.3 Å². The molecule has 2 saturated heterocycles. The fourth-order valence-corrected chi connectivity index (χ4v) is 3.15. The van der Waals surface area contributed by atoms with Gasteiger partial charge in [0.15, 0.2) is 0 Å². The van der Waals surface area contributed by atoms with E-state index in [1.807, 2.05) is 4.90 Å². The number of rotatable bonds is 2. The van der Waals surface area contributed by atoms with E-state index in [0.717, 1.165) is 19.4 Å². The lowest BCUT2D eigenvalue weighted by molar-refractivity contribution is -0.139. The quantitative estimate of drug-likeness (QED) is 0.816. The summed E-state index contributed by atoms with van der Waals surface area (Å²) in [6.45, 7) is 4.10. The van der Waals surface area contributed by atoms with Crippen LogP contribution in [0.1, 0.15) is 18.4 Å². The van der Waals surface area contributed by atoms with Gasteiger partial charge in [0, 0.05) is 32.4 Å². The molecule has 2 aliphatic heterocycles. The first-order chi connectivity index (χ1) is 10.8. The number of hydrogen-bond donors (Lipinski definition) is 0. The van der Waals surface area contributed by atoms with Gasteiger partial charge in [-0.05, 0) is 25.0 Å². The van der Waals surface area contributed by atoms with Crippen LogP contribution in [0, 0.1) is 17.2 Å². The highest BCUT2D eigenvalue weighted by Crippen LogP contribution is 2.25. The number of piperidine rings is 1. The number of anilines is 1. The number of carbonyl (C=O) groups is 1. The molecule has 0 spiro atoms. The summed E-state index contributed by atoms with van der Waals surface area (Å²) in [6, 6.07) is 5.72. The van der Waals surface area contributed by atoms with Crippen molar-refractivity contribution in [3.05, 3.63) is 23.9 Å². The standard InChI is InChI=1S/C16H20N4O2/c17-11-13-3-1-5-18-15(13)20-6-2-4-14(12-20)16(21)19-7-9-22-10-8-19/h1,3,5,14H,2,4,6-10,12H2/t14-/m1/s1. The molecule has 6 nitrogen and oxygen atoms in total. The molecule has 0 aromatic carbocycles. The molecule has 0 radical (unpaired) electrons. The highest BCUT2D eigenvalue weighted by molar-refractivity contribution is 5.80. The predicted octanol–water partition coefficient (Wildman–Crippen LogP) is 1.03. The zero-order chi connectivity index (χ0) is 15.4. The molecule has 0 saturated carbocycles. The number of hydrogen-bond acceptors (Lipinski definition) is 5. The molecule has 0 unspecified atom stereocenters. The number of ether oxygens (including phenoxy) is 1. The first-order valence-electron chi connectivity index (χ1n) is 7.76. The molecule has 0 bridgehead atoms. The number of aromatic nitrogens is 1. The second kappa shape index (κ2) is 6.75. The molecule has 3 rings (SSSR count). The summed E-state index contributed by atoms with van der Waals surface area (Å²) in [5, 5.41) is 9.22. The molecule has 2 aliphatic rings. The van der Waals surface area contributed by atoms with Crippen LogP contribution >= 0.6 is 0 Å². The lowest BCUT2D eigenvalue weighted by Gasteiger charge is -2.36. The maximum absolute atomic E-state index is 12.6. The van der Waals surface area contributed by atoms with Crippen LogP contribution in [0.2, 0.25) is 0 Å². The number of amides is 1. The molecule has 0 N–H and O–H groups in total. The van der Waals surface area contributed by atoms with E-state index in [0.29, 0.717) is 44.2 Å². The van der Waals surface area contributed by atoms with Crippen molar-refractivity contribution in [3.63, 3.8) is 0 Å². The summed E-state index contributed by atoms with van der Waals surface area (Å²) < 4.78 is 5.31. The Morgan fingerprint density at radius 1 is 1.36 bits per heavy atom. The molecule has 116 valence electrons. The third-order valence-electron chi connectivity index (χ3n) is 4.30. The van der Waals surface area contributed by atoms with Gasteiger partial charge in [0.2, 0.25) is 5.91 Å². The van der Waals surface area contributed by atoms with Gasteiger partial charge >= 0.3 is 0 Å². The maximum atomic E-state index is 12.6. The maximum Gasteiger partial charge on any atom is 0.227 e. The highest BCUT2D eigenvalue weighted by Gasteiger charge is 2.31. The lowest BCUT2D eigenvalue weighted by atomic mass is 9.96. The average molecular weight is 300 g/mol. The van der Waals surface area contributed by atoms with E-state index in [9.17, 15) is 10.1 Å². The summed E-state index contributed by atoms with van der Waals surface area (Å²) in [7, 11) is 0. The Balaban J connectivity index is 1.71. The number of nitriles is 1. The van der Waals surface area contributed by atoms with Gasteiger partial charge in [-0.25, -0.2) is 4.98 Å². The zero-order valence-electron chi connectivity index (χ0n) is 12.6. The van der Waals surface area contributed by atoms with Crippen LogP contribution in [0.3, 0.4) is 0 Å². The fraction of sp³-hybridized carbons (Fsp3) is 0.562. The van der Waals surface area contributed by atoms with E-state index in [1.54, 1.807) is 18.3 Å². The largest absolute Gasteiger partial charge is 0.378 e. The van der Waals surface area contributed by atoms with Crippen LogP contribution in [-0.4, -0.2) is 55.2 Å². The van der Waals surface area contributed by atoms with E-state index >= 15 is 0 Å². The molecular weight excluding hydrogens is 280 g/mol. The van der Waals surface area contributed by atoms with Gasteiger partial charge in [0.05, 0.1) is 24.7 Å². The SMILES string of the molecule is N#Cc1cccnc1N1CCC[C@@H](C(=O)N2CCOCC2)C1. The van der Waals surface area contributed by atoms with Gasteiger partial charge < -0.3 is 14.5 Å². The number of carbonyl (C=O) groups excluding carboxylic acids is 1. The second-order valence-electron chi connectivity index (χ2n) is 5.71. The summed E-state index contributed by atoms with van der Waals surface area (Å²) in [5.74, 6) is 0.896. The van der Waals surface area contributed by atoms with Crippen molar-refractivity contribution in [2.45, 2.75) is 12.8 Å². The van der Waals surface area contributed by atoms with Crippen molar-refractivity contribution in [1.82, 2.24) is 9.88 Å². The third-order valence-corrected chi connectivity index (χ3v) is 4.30. The monoisotopic (exact) mass is 300 g/mol. The molecule has 1 amide bonds. The zero-order valence-corrected chi connectivity index (χ0v) is 12.6. The molecule has 1 aromatic heterocycles. The van der Waals surface area contributed by atoms with E-state index in [4.69, 9.17) is 4.74 Å². The van der Waals surface area contributed by atoms with Crippen molar-refractivity contribution in [2.24, 2.45) is 5.92 Å². The van der Waals surface area contributed by atoms with Crippen molar-refractivity contribution in [3.8, 4) is 6.07 Å². The molecule has 3 heterocycles. The smallest absolute Gasteiger partial charge is 0.227 e. The minimum absolute atomic E-state index is 0.0135. The Morgan fingerprint density at radius 3 is 2.95 bits per heavy atom. The van der Waals surface area contributed by atoms with Gasteiger partial charge in [-0.1, -0.05) is 0 Å². The van der Waals surface area contributed by atoms with Gasteiger partial charge in [0.1, 0.15) is 11.9 Å². The molecule has 1 atom stereocenters. The number of pyridine rings is 1. The molecule has 2 fully saturated rings. The van der Waals surface area contributed by atoms with Gasteiger partial charge in [-0.2, -0.15) is 5.26 Å². The van der Waals surface area contributed by atoms with E-state index in [-0.39, 0.29) is 11.8 Å². The molecule has 6 heteroatoms. The van der Waals surface area contributed by atoms with E-state index in [2.05, 4.69) is 16.0 Å². The van der Waals surface area contributed by atoms with Crippen LogP contribution < -0.4 is 4.90 Å². The van der Waals surface area contributed by atoms with Crippen LogP contribution in [0.25, 0.3) is 0 Å². The van der Waals surface area contributed by atoms with Gasteiger partial charge in [-0.15, -0.1) is 0 Å². The minimum atomic E-state index is -0.0135. The third kappa shape index (κ3) is 3.04. The normalized spacial score (nSPS) is 22.2. The second-order valence-corrected chi connectivity index (χ2v) is 5.71. The summed E-state index contributed by atoms with van der Waals surface area (Å²) in [6.07, 6.45) is 3.55. The first kappa shape index (κ1) is 14.8. The predicted molar refractivity (Wildman–Crippen MR) is 81.3 cm³/mol. The Bertz CT molecular complexity index is 578. The van der Waals surface area contributed by atoms with E-state index in [1.165, 1.54) is 0 Å². The number of nitrogens with zero attached hydrogens (tertiary/aromatic N) is 4. The van der Waals surface area contributed by atoms with Crippen molar-refractivity contribution < 1.29 is 9.53 Å². The molecular formula is C16H20N4O2. The molecule has 1 aromatic rings. The van der Waals surface area contributed by atoms with Crippen molar-refractivity contribution >= 4 is 11.7 Å². The van der Waals surface area contributed by atoms with Crippen molar-refractivity contribution in [1.29, 1.82) is 5.26 Å². The molecule has 22 heavy (non-hydrogen) atoms. The fourth-order valence-electron chi connectivity index (χ4n) is 3.15. The summed E-state index contributed by atoms with van der Waals surface area (Å²) in [5.41, 5.74) is 0.571. The minimum Gasteiger partial charge on any atom is -0.378 e. The average Bonchev–Trinajstić information content (AvgIpc) is 2.62. The van der Waals surface area contributed by atoms with Crippen LogP contribution in [0.15, 0.2) is 18.3 Å². The summed E-state index contributed by atoms with van der Waals surface area (Å²) >= 11 is 0. The van der Waals surface area contributed by atoms with Gasteiger partial charge in [0.25, 0.3) is 0 Å². The topological polar surface area (TPSA) is 69.5 Å². The Kier molecular flexibility index (Phi) is 4.54. The highest BCUT2D eigenvalue weighted by atomic mass is 16.5. The Labute approximate surface area is 130 Å². The van der Waals surface area contributed by atoms with Crippen LogP contribution in [-0.2, 0) is 9.53 Å². The summed E-state index contributed by atoms with van der Waals surface area (Å²) in [4.78, 5) is 21.0. The molecule has 0 aliphatic carbocycles. The Morgan fingerprint density at radius 2 is 2.18 bits per heavy atom. The van der Waals surface area contributed by atoms with Crippen LogP contribution in [0.4, 0.5) is 5.82 Å². The van der Waals surface area contributed by atoms with Crippen LogP contribution in [0.5, 0.6) is 0 Å². The first-order valence-corrected chi connectivity index (χ1v) is 7.76.